The minimum Gasteiger partial charge on any atom is -0.384 e. The third-order valence-electron chi connectivity index (χ3n) is 6.51. The largest absolute Gasteiger partial charge is 0.384 e. The van der Waals surface area contributed by atoms with Crippen LogP contribution in [-0.2, 0) is 15.1 Å². The lowest BCUT2D eigenvalue weighted by Crippen LogP contribution is -2.55. The van der Waals surface area contributed by atoms with Gasteiger partial charge in [-0.15, -0.1) is 0 Å². The average molecular weight is 410 g/mol. The van der Waals surface area contributed by atoms with E-state index in [1.807, 2.05) is 42.2 Å². The van der Waals surface area contributed by atoms with Gasteiger partial charge in [-0.25, -0.2) is 4.39 Å². The summed E-state index contributed by atoms with van der Waals surface area (Å²) in [7, 11) is 0. The highest BCUT2D eigenvalue weighted by Crippen LogP contribution is 2.47. The molecule has 3 atom stereocenters. The summed E-state index contributed by atoms with van der Waals surface area (Å²) in [5.41, 5.74) is 7.54. The molecule has 2 amide bonds. The van der Waals surface area contributed by atoms with Crippen LogP contribution >= 0.6 is 0 Å². The molecule has 30 heavy (non-hydrogen) atoms. The van der Waals surface area contributed by atoms with Crippen LogP contribution in [0.25, 0.3) is 0 Å². The number of carbonyl (C=O) groups excluding carboxylic acids is 2. The molecule has 0 spiro atoms. The summed E-state index contributed by atoms with van der Waals surface area (Å²) >= 11 is 0. The summed E-state index contributed by atoms with van der Waals surface area (Å²) in [5.74, 6) is -1.45. The highest BCUT2D eigenvalue weighted by atomic mass is 19.1. The molecule has 2 aromatic carbocycles. The van der Waals surface area contributed by atoms with Crippen molar-refractivity contribution in [1.29, 1.82) is 0 Å². The Kier molecular flexibility index (Phi) is 5.24. The van der Waals surface area contributed by atoms with E-state index in [-0.39, 0.29) is 17.7 Å². The van der Waals surface area contributed by atoms with E-state index in [1.54, 1.807) is 6.92 Å². The van der Waals surface area contributed by atoms with Gasteiger partial charge >= 0.3 is 0 Å². The number of likely N-dealkylation sites (tertiary alicyclic amines) is 1. The molecule has 0 radical (unpaired) electrons. The quantitative estimate of drug-likeness (QED) is 0.707. The van der Waals surface area contributed by atoms with Crippen LogP contribution in [-0.4, -0.2) is 36.3 Å². The fourth-order valence-corrected chi connectivity index (χ4v) is 4.87. The van der Waals surface area contributed by atoms with E-state index >= 15 is 0 Å². The topological polar surface area (TPSA) is 87.5 Å². The number of hydrogen-bond donors (Lipinski definition) is 3. The first-order chi connectivity index (χ1) is 14.4. The van der Waals surface area contributed by atoms with Crippen LogP contribution in [0, 0.1) is 11.7 Å². The highest BCUT2D eigenvalue weighted by Gasteiger charge is 2.51. The minimum absolute atomic E-state index is 0.00249. The summed E-state index contributed by atoms with van der Waals surface area (Å²) in [6.07, 6.45) is 0.686. The Morgan fingerprint density at radius 3 is 2.73 bits per heavy atom. The lowest BCUT2D eigenvalue weighted by atomic mass is 9.77. The van der Waals surface area contributed by atoms with Crippen molar-refractivity contribution in [3.05, 3.63) is 59.4 Å². The molecule has 4 N–H and O–H groups in total. The molecule has 0 aromatic heterocycles. The number of benzene rings is 2. The van der Waals surface area contributed by atoms with Crippen molar-refractivity contribution in [2.45, 2.75) is 31.7 Å². The van der Waals surface area contributed by atoms with E-state index in [0.29, 0.717) is 43.0 Å². The number of amides is 2. The smallest absolute Gasteiger partial charge is 0.249 e. The first-order valence-electron chi connectivity index (χ1n) is 10.3. The zero-order valence-corrected chi connectivity index (χ0v) is 17.2. The summed E-state index contributed by atoms with van der Waals surface area (Å²) in [4.78, 5) is 27.4. The van der Waals surface area contributed by atoms with E-state index in [0.717, 1.165) is 5.56 Å². The molecular weight excluding hydrogens is 383 g/mol. The van der Waals surface area contributed by atoms with E-state index in [2.05, 4.69) is 10.6 Å². The molecule has 2 aromatic rings. The van der Waals surface area contributed by atoms with Crippen molar-refractivity contribution in [3.8, 4) is 0 Å². The van der Waals surface area contributed by atoms with Gasteiger partial charge in [0.2, 0.25) is 11.8 Å². The molecule has 1 saturated heterocycles. The van der Waals surface area contributed by atoms with Gasteiger partial charge in [-0.1, -0.05) is 30.3 Å². The van der Waals surface area contributed by atoms with Gasteiger partial charge in [0.05, 0.1) is 17.3 Å². The summed E-state index contributed by atoms with van der Waals surface area (Å²) in [6.45, 7) is 5.25. The van der Waals surface area contributed by atoms with Gasteiger partial charge in [-0.05, 0) is 43.9 Å². The van der Waals surface area contributed by atoms with Crippen LogP contribution in [0.5, 0.6) is 0 Å². The van der Waals surface area contributed by atoms with Crippen molar-refractivity contribution < 1.29 is 14.0 Å². The Morgan fingerprint density at radius 1 is 1.33 bits per heavy atom. The number of primary amides is 1. The molecule has 7 heteroatoms. The molecule has 0 unspecified atom stereocenters. The van der Waals surface area contributed by atoms with Gasteiger partial charge in [0.25, 0.3) is 0 Å². The van der Waals surface area contributed by atoms with Crippen LogP contribution in [0.1, 0.15) is 37.3 Å². The van der Waals surface area contributed by atoms with Crippen molar-refractivity contribution in [1.82, 2.24) is 4.90 Å². The molecule has 2 aliphatic rings. The average Bonchev–Trinajstić information content (AvgIpc) is 3.00. The Labute approximate surface area is 175 Å². The van der Waals surface area contributed by atoms with Gasteiger partial charge in [0.1, 0.15) is 11.4 Å². The second-order valence-corrected chi connectivity index (χ2v) is 8.19. The van der Waals surface area contributed by atoms with Gasteiger partial charge < -0.3 is 16.4 Å². The second-order valence-electron chi connectivity index (χ2n) is 8.19. The van der Waals surface area contributed by atoms with Crippen molar-refractivity contribution in [2.24, 2.45) is 11.7 Å². The standard InChI is InChI=1S/C23H27FN4O2/c1-3-26-19-12-15(24)11-18-20(19)27-22(30)23(18,2)28-10-9-16(17(13-28)21(25)29)14-7-5-4-6-8-14/h4-8,11-12,16-17,26H,3,9-10,13H2,1-2H3,(H2,25,29)(H,27,30)/t16-,17-,23+/m1/s1. The maximum absolute atomic E-state index is 14.4. The van der Waals surface area contributed by atoms with E-state index in [1.165, 1.54) is 12.1 Å². The fourth-order valence-electron chi connectivity index (χ4n) is 4.87. The third kappa shape index (κ3) is 3.23. The number of rotatable bonds is 5. The van der Waals surface area contributed by atoms with Gasteiger partial charge in [0.15, 0.2) is 0 Å². The number of fused-ring (bicyclic) bond motifs is 1. The Hall–Kier alpha value is -2.93. The number of piperidine rings is 1. The first-order valence-corrected chi connectivity index (χ1v) is 10.3. The molecular formula is C23H27FN4O2. The van der Waals surface area contributed by atoms with Crippen LogP contribution in [0.15, 0.2) is 42.5 Å². The number of nitrogens with one attached hydrogen (secondary N) is 2. The van der Waals surface area contributed by atoms with Crippen LogP contribution in [0.2, 0.25) is 0 Å². The Bertz CT molecular complexity index is 981. The summed E-state index contributed by atoms with van der Waals surface area (Å²) < 4.78 is 14.4. The van der Waals surface area contributed by atoms with Gasteiger partial charge in [-0.2, -0.15) is 0 Å². The van der Waals surface area contributed by atoms with Crippen molar-refractivity contribution >= 4 is 23.2 Å². The molecule has 2 aliphatic heterocycles. The van der Waals surface area contributed by atoms with E-state index in [9.17, 15) is 14.0 Å². The van der Waals surface area contributed by atoms with Crippen molar-refractivity contribution in [3.63, 3.8) is 0 Å². The Balaban J connectivity index is 1.70. The maximum Gasteiger partial charge on any atom is 0.249 e. The van der Waals surface area contributed by atoms with Crippen LogP contribution < -0.4 is 16.4 Å². The summed E-state index contributed by atoms with van der Waals surface area (Å²) in [6, 6.07) is 12.7. The SMILES string of the molecule is CCNc1cc(F)cc2c1NC(=O)[C@@]2(C)N1CC[C@H](c2ccccc2)[C@H](C(N)=O)C1. The number of nitrogens with zero attached hydrogens (tertiary/aromatic N) is 1. The fraction of sp³-hybridized carbons (Fsp3) is 0.391. The van der Waals surface area contributed by atoms with Gasteiger partial charge in [-0.3, -0.25) is 14.5 Å². The number of nitrogens with two attached hydrogens (primary N) is 1. The van der Waals surface area contributed by atoms with Gasteiger partial charge in [0, 0.05) is 25.2 Å². The molecule has 1 fully saturated rings. The zero-order valence-electron chi connectivity index (χ0n) is 17.2. The van der Waals surface area contributed by atoms with E-state index < -0.39 is 17.3 Å². The maximum atomic E-state index is 14.4. The highest BCUT2D eigenvalue weighted by molar-refractivity contribution is 6.08. The predicted molar refractivity (Wildman–Crippen MR) is 115 cm³/mol. The lowest BCUT2D eigenvalue weighted by molar-refractivity contribution is -0.133. The molecule has 6 nitrogen and oxygen atoms in total. The van der Waals surface area contributed by atoms with Crippen molar-refractivity contribution in [2.75, 3.05) is 30.3 Å². The number of anilines is 2. The number of halogens is 1. The molecule has 4 rings (SSSR count). The zero-order chi connectivity index (χ0) is 21.5. The monoisotopic (exact) mass is 410 g/mol. The minimum atomic E-state index is -1.07. The lowest BCUT2D eigenvalue weighted by Gasteiger charge is -2.44. The molecule has 2 heterocycles. The number of carbonyl (C=O) groups is 2. The predicted octanol–water partition coefficient (Wildman–Crippen LogP) is 3.02. The second kappa shape index (κ2) is 7.72. The number of hydrogen-bond acceptors (Lipinski definition) is 4. The molecule has 0 bridgehead atoms. The summed E-state index contributed by atoms with van der Waals surface area (Å²) in [5, 5.41) is 6.05. The Morgan fingerprint density at radius 2 is 2.07 bits per heavy atom. The van der Waals surface area contributed by atoms with Crippen LogP contribution in [0.4, 0.5) is 15.8 Å². The normalized spacial score (nSPS) is 26.2. The molecule has 158 valence electrons. The third-order valence-corrected chi connectivity index (χ3v) is 6.51. The van der Waals surface area contributed by atoms with Crippen LogP contribution in [0.3, 0.4) is 0 Å². The van der Waals surface area contributed by atoms with E-state index in [4.69, 9.17) is 5.73 Å². The first kappa shape index (κ1) is 20.3. The molecule has 0 saturated carbocycles. The molecule has 0 aliphatic carbocycles.